The van der Waals surface area contributed by atoms with Crippen molar-refractivity contribution < 1.29 is 9.84 Å². The van der Waals surface area contributed by atoms with E-state index in [1.54, 1.807) is 7.11 Å². The van der Waals surface area contributed by atoms with Crippen molar-refractivity contribution in [3.63, 3.8) is 0 Å². The Morgan fingerprint density at radius 1 is 1.18 bits per heavy atom. The number of hydrogen-bond acceptors (Lipinski definition) is 4. The molecule has 0 aromatic heterocycles. The summed E-state index contributed by atoms with van der Waals surface area (Å²) in [6.45, 7) is 6.06. The molecule has 1 aliphatic heterocycles. The highest BCUT2D eigenvalue weighted by Gasteiger charge is 2.25. The summed E-state index contributed by atoms with van der Waals surface area (Å²) in [4.78, 5) is 2.35. The molecule has 1 fully saturated rings. The number of fused-ring (bicyclic) bond motifs is 1. The SMILES string of the molecule is COc1ccc2c(C(O)C(C)N3CCNCC3)cccc2c1. The number of methoxy groups -OCH3 is 1. The topological polar surface area (TPSA) is 44.7 Å². The highest BCUT2D eigenvalue weighted by molar-refractivity contribution is 5.87. The van der Waals surface area contributed by atoms with Crippen LogP contribution in [0.25, 0.3) is 10.8 Å². The van der Waals surface area contributed by atoms with Crippen molar-refractivity contribution in [1.82, 2.24) is 10.2 Å². The quantitative estimate of drug-likeness (QED) is 0.908. The first-order chi connectivity index (χ1) is 10.7. The van der Waals surface area contributed by atoms with E-state index in [1.165, 1.54) is 0 Å². The first kappa shape index (κ1) is 15.3. The Morgan fingerprint density at radius 3 is 2.68 bits per heavy atom. The number of rotatable bonds is 4. The Bertz CT molecular complexity index is 638. The van der Waals surface area contributed by atoms with Gasteiger partial charge in [-0.1, -0.05) is 24.3 Å². The molecule has 22 heavy (non-hydrogen) atoms. The van der Waals surface area contributed by atoms with Crippen LogP contribution in [-0.2, 0) is 0 Å². The smallest absolute Gasteiger partial charge is 0.119 e. The fraction of sp³-hybridized carbons (Fsp3) is 0.444. The molecule has 2 N–H and O–H groups in total. The Balaban J connectivity index is 1.91. The monoisotopic (exact) mass is 300 g/mol. The van der Waals surface area contributed by atoms with Crippen molar-refractivity contribution in [1.29, 1.82) is 0 Å². The maximum Gasteiger partial charge on any atom is 0.119 e. The zero-order valence-electron chi connectivity index (χ0n) is 13.2. The van der Waals surface area contributed by atoms with Gasteiger partial charge in [-0.25, -0.2) is 0 Å². The molecule has 2 aromatic rings. The summed E-state index contributed by atoms with van der Waals surface area (Å²) in [5, 5.41) is 16.4. The second-order valence-electron chi connectivity index (χ2n) is 5.91. The summed E-state index contributed by atoms with van der Waals surface area (Å²) in [5.41, 5.74) is 0.992. The van der Waals surface area contributed by atoms with Gasteiger partial charge in [0.05, 0.1) is 13.2 Å². The second-order valence-corrected chi connectivity index (χ2v) is 5.91. The molecular formula is C18H24N2O2. The maximum atomic E-state index is 10.9. The Hall–Kier alpha value is -1.62. The first-order valence-corrected chi connectivity index (χ1v) is 7.90. The fourth-order valence-corrected chi connectivity index (χ4v) is 3.22. The Labute approximate surface area is 131 Å². The number of hydrogen-bond donors (Lipinski definition) is 2. The molecule has 0 saturated carbocycles. The summed E-state index contributed by atoms with van der Waals surface area (Å²) >= 11 is 0. The lowest BCUT2D eigenvalue weighted by Crippen LogP contribution is -2.49. The third-order valence-electron chi connectivity index (χ3n) is 4.62. The number of aliphatic hydroxyl groups is 1. The van der Waals surface area contributed by atoms with Crippen LogP contribution in [0.3, 0.4) is 0 Å². The maximum absolute atomic E-state index is 10.9. The van der Waals surface area contributed by atoms with Crippen LogP contribution in [0.4, 0.5) is 0 Å². The van der Waals surface area contributed by atoms with Crippen LogP contribution in [0.15, 0.2) is 36.4 Å². The van der Waals surface area contributed by atoms with Gasteiger partial charge in [0, 0.05) is 32.2 Å². The van der Waals surface area contributed by atoms with Gasteiger partial charge in [0.15, 0.2) is 0 Å². The number of nitrogens with zero attached hydrogens (tertiary/aromatic N) is 1. The number of nitrogens with one attached hydrogen (secondary N) is 1. The molecule has 2 aromatic carbocycles. The molecule has 2 atom stereocenters. The predicted octanol–water partition coefficient (Wildman–Crippen LogP) is 2.18. The molecule has 4 heteroatoms. The average Bonchev–Trinajstić information content (AvgIpc) is 2.60. The van der Waals surface area contributed by atoms with E-state index in [2.05, 4.69) is 23.2 Å². The molecule has 2 unspecified atom stereocenters. The Kier molecular flexibility index (Phi) is 4.62. The standard InChI is InChI=1S/C18H24N2O2/c1-13(20-10-8-19-9-11-20)18(21)17-5-3-4-14-12-15(22-2)6-7-16(14)17/h3-7,12-13,18-19,21H,8-11H2,1-2H3. The van der Waals surface area contributed by atoms with Crippen molar-refractivity contribution in [3.8, 4) is 5.75 Å². The van der Waals surface area contributed by atoms with Crippen LogP contribution < -0.4 is 10.1 Å². The summed E-state index contributed by atoms with van der Waals surface area (Å²) < 4.78 is 5.29. The minimum atomic E-state index is -0.491. The van der Waals surface area contributed by atoms with Gasteiger partial charge < -0.3 is 15.2 Å². The van der Waals surface area contributed by atoms with Gasteiger partial charge >= 0.3 is 0 Å². The van der Waals surface area contributed by atoms with E-state index >= 15 is 0 Å². The lowest BCUT2D eigenvalue weighted by atomic mass is 9.95. The minimum absolute atomic E-state index is 0.106. The molecule has 0 amide bonds. The molecule has 0 aliphatic carbocycles. The van der Waals surface area contributed by atoms with E-state index in [9.17, 15) is 5.11 Å². The third kappa shape index (κ3) is 2.95. The van der Waals surface area contributed by atoms with Crippen molar-refractivity contribution in [3.05, 3.63) is 42.0 Å². The van der Waals surface area contributed by atoms with E-state index in [1.807, 2.05) is 30.3 Å². The zero-order valence-corrected chi connectivity index (χ0v) is 13.2. The number of aliphatic hydroxyl groups excluding tert-OH is 1. The lowest BCUT2D eigenvalue weighted by molar-refractivity contribution is 0.0519. The highest BCUT2D eigenvalue weighted by Crippen LogP contribution is 2.30. The number of ether oxygens (including phenoxy) is 1. The van der Waals surface area contributed by atoms with Crippen LogP contribution in [0.2, 0.25) is 0 Å². The third-order valence-corrected chi connectivity index (χ3v) is 4.62. The summed E-state index contributed by atoms with van der Waals surface area (Å²) in [7, 11) is 1.67. The zero-order chi connectivity index (χ0) is 15.5. The largest absolute Gasteiger partial charge is 0.497 e. The first-order valence-electron chi connectivity index (χ1n) is 7.90. The lowest BCUT2D eigenvalue weighted by Gasteiger charge is -2.35. The fourth-order valence-electron chi connectivity index (χ4n) is 3.22. The van der Waals surface area contributed by atoms with Gasteiger partial charge in [-0.2, -0.15) is 0 Å². The highest BCUT2D eigenvalue weighted by atomic mass is 16.5. The van der Waals surface area contributed by atoms with Crippen molar-refractivity contribution in [2.45, 2.75) is 19.1 Å². The van der Waals surface area contributed by atoms with Gasteiger partial charge in [0.25, 0.3) is 0 Å². The molecule has 4 nitrogen and oxygen atoms in total. The molecule has 1 aliphatic rings. The summed E-state index contributed by atoms with van der Waals surface area (Å²) in [6.07, 6.45) is -0.491. The van der Waals surface area contributed by atoms with Gasteiger partial charge in [-0.3, -0.25) is 4.90 Å². The molecule has 0 radical (unpaired) electrons. The molecule has 0 spiro atoms. The number of benzene rings is 2. The Morgan fingerprint density at radius 2 is 1.95 bits per heavy atom. The van der Waals surface area contributed by atoms with Crippen LogP contribution >= 0.6 is 0 Å². The van der Waals surface area contributed by atoms with Crippen LogP contribution in [0.1, 0.15) is 18.6 Å². The molecule has 118 valence electrons. The molecule has 0 bridgehead atoms. The average molecular weight is 300 g/mol. The van der Waals surface area contributed by atoms with Gasteiger partial charge in [0.1, 0.15) is 5.75 Å². The summed E-state index contributed by atoms with van der Waals surface area (Å²) in [5.74, 6) is 0.842. The van der Waals surface area contributed by atoms with Gasteiger partial charge in [-0.15, -0.1) is 0 Å². The predicted molar refractivity (Wildman–Crippen MR) is 89.4 cm³/mol. The van der Waals surface area contributed by atoms with Crippen molar-refractivity contribution >= 4 is 10.8 Å². The minimum Gasteiger partial charge on any atom is -0.497 e. The van der Waals surface area contributed by atoms with E-state index in [4.69, 9.17) is 4.74 Å². The van der Waals surface area contributed by atoms with Crippen molar-refractivity contribution in [2.24, 2.45) is 0 Å². The van der Waals surface area contributed by atoms with Gasteiger partial charge in [-0.05, 0) is 35.4 Å². The van der Waals surface area contributed by atoms with Crippen LogP contribution in [-0.4, -0.2) is 49.3 Å². The molecule has 1 saturated heterocycles. The second kappa shape index (κ2) is 6.65. The van der Waals surface area contributed by atoms with Crippen LogP contribution in [0.5, 0.6) is 5.75 Å². The van der Waals surface area contributed by atoms with E-state index < -0.39 is 6.10 Å². The van der Waals surface area contributed by atoms with E-state index in [0.717, 1.165) is 48.3 Å². The normalized spacial score (nSPS) is 19.0. The molecule has 1 heterocycles. The van der Waals surface area contributed by atoms with Crippen LogP contribution in [0, 0.1) is 0 Å². The van der Waals surface area contributed by atoms with E-state index in [0.29, 0.717) is 0 Å². The van der Waals surface area contributed by atoms with E-state index in [-0.39, 0.29) is 6.04 Å². The van der Waals surface area contributed by atoms with Gasteiger partial charge in [0.2, 0.25) is 0 Å². The summed E-state index contributed by atoms with van der Waals surface area (Å²) in [6, 6.07) is 12.2. The molecular weight excluding hydrogens is 276 g/mol. The van der Waals surface area contributed by atoms with Crippen molar-refractivity contribution in [2.75, 3.05) is 33.3 Å². The number of piperazine rings is 1. The molecule has 3 rings (SSSR count).